The molecule has 8 nitrogen and oxygen atoms in total. The fourth-order valence-corrected chi connectivity index (χ4v) is 4.57. The van der Waals surface area contributed by atoms with Gasteiger partial charge in [0.05, 0.1) is 19.4 Å². The van der Waals surface area contributed by atoms with Crippen LogP contribution >= 0.6 is 0 Å². The molecule has 0 radical (unpaired) electrons. The van der Waals surface area contributed by atoms with Crippen LogP contribution in [0.3, 0.4) is 0 Å². The van der Waals surface area contributed by atoms with Gasteiger partial charge in [0.15, 0.2) is 0 Å². The van der Waals surface area contributed by atoms with Crippen LogP contribution in [0.4, 0.5) is 8.78 Å². The molecular formula is C30H27F2N3O5. The third-order valence-corrected chi connectivity index (χ3v) is 6.58. The van der Waals surface area contributed by atoms with Gasteiger partial charge in [-0.2, -0.15) is 5.10 Å². The Bertz CT molecular complexity index is 1530. The molecule has 0 N–H and O–H groups in total. The molecule has 2 heterocycles. The number of rotatable bonds is 7. The van der Waals surface area contributed by atoms with Crippen LogP contribution in [0.2, 0.25) is 0 Å². The molecule has 4 aromatic rings. The van der Waals surface area contributed by atoms with Gasteiger partial charge < -0.3 is 19.1 Å². The zero-order valence-electron chi connectivity index (χ0n) is 22.0. The lowest BCUT2D eigenvalue weighted by molar-refractivity contribution is 0.0303. The molecule has 0 bridgehead atoms. The SMILES string of the molecule is Cc1c(OCc2ccc(F)cc2)c(C(=O)Oc2ccc(F)cc2)cc(C(=O)N2CCOCC2)c1-c1cnn(C)c1. The second-order valence-corrected chi connectivity index (χ2v) is 9.37. The number of ether oxygens (including phenoxy) is 3. The predicted molar refractivity (Wildman–Crippen MR) is 142 cm³/mol. The van der Waals surface area contributed by atoms with Crippen LogP contribution in [0.5, 0.6) is 11.5 Å². The fraction of sp³-hybridized carbons (Fsp3) is 0.233. The van der Waals surface area contributed by atoms with Crippen molar-refractivity contribution in [1.29, 1.82) is 0 Å². The molecule has 40 heavy (non-hydrogen) atoms. The summed E-state index contributed by atoms with van der Waals surface area (Å²) in [6, 6.07) is 12.3. The molecule has 10 heteroatoms. The van der Waals surface area contributed by atoms with E-state index in [0.717, 1.165) is 0 Å². The number of benzene rings is 3. The Balaban J connectivity index is 1.62. The highest BCUT2D eigenvalue weighted by atomic mass is 19.1. The van der Waals surface area contributed by atoms with Crippen molar-refractivity contribution in [2.24, 2.45) is 7.05 Å². The Morgan fingerprint density at radius 1 is 0.975 bits per heavy atom. The molecular weight excluding hydrogens is 520 g/mol. The molecule has 1 saturated heterocycles. The Hall–Kier alpha value is -4.57. The predicted octanol–water partition coefficient (Wildman–Crippen LogP) is 4.94. The number of carbonyl (C=O) groups is 2. The molecule has 5 rings (SSSR count). The zero-order valence-corrected chi connectivity index (χ0v) is 22.0. The largest absolute Gasteiger partial charge is 0.488 e. The van der Waals surface area contributed by atoms with Gasteiger partial charge in [0, 0.05) is 48.6 Å². The van der Waals surface area contributed by atoms with Crippen LogP contribution in [0.15, 0.2) is 67.0 Å². The van der Waals surface area contributed by atoms with E-state index >= 15 is 0 Å². The first-order valence-corrected chi connectivity index (χ1v) is 12.7. The quantitative estimate of drug-likeness (QED) is 0.241. The molecule has 206 valence electrons. The van der Waals surface area contributed by atoms with E-state index in [1.54, 1.807) is 48.1 Å². The standard InChI is InChI=1S/C30H27F2N3O5/c1-19-27(21-16-33-34(2)17-21)25(29(36)35-11-13-38-14-12-35)15-26(30(37)40-24-9-7-23(32)8-10-24)28(19)39-18-20-3-5-22(31)6-4-20/h3-10,15-17H,11-14,18H2,1-2H3. The van der Waals surface area contributed by atoms with E-state index in [9.17, 15) is 18.4 Å². The number of hydrogen-bond acceptors (Lipinski definition) is 6. The summed E-state index contributed by atoms with van der Waals surface area (Å²) in [5.41, 5.74) is 2.75. The van der Waals surface area contributed by atoms with Crippen molar-refractivity contribution in [3.63, 3.8) is 0 Å². The topological polar surface area (TPSA) is 82.9 Å². The normalized spacial score (nSPS) is 13.2. The Labute approximate surface area is 229 Å². The summed E-state index contributed by atoms with van der Waals surface area (Å²) in [4.78, 5) is 29.0. The molecule has 1 aliphatic heterocycles. The van der Waals surface area contributed by atoms with E-state index in [-0.39, 0.29) is 41.0 Å². The summed E-state index contributed by atoms with van der Waals surface area (Å²) in [5, 5.41) is 4.27. The molecule has 0 aliphatic carbocycles. The molecule has 3 aromatic carbocycles. The van der Waals surface area contributed by atoms with Crippen molar-refractivity contribution < 1.29 is 32.6 Å². The highest BCUT2D eigenvalue weighted by Crippen LogP contribution is 2.38. The summed E-state index contributed by atoms with van der Waals surface area (Å²) in [6.45, 7) is 3.41. The average molecular weight is 548 g/mol. The van der Waals surface area contributed by atoms with E-state index in [1.807, 2.05) is 0 Å². The first kappa shape index (κ1) is 27.0. The average Bonchev–Trinajstić information content (AvgIpc) is 3.39. The summed E-state index contributed by atoms with van der Waals surface area (Å²) in [5.74, 6) is -1.57. The summed E-state index contributed by atoms with van der Waals surface area (Å²) in [6.07, 6.45) is 3.41. The van der Waals surface area contributed by atoms with Crippen molar-refractivity contribution >= 4 is 11.9 Å². The molecule has 1 amide bonds. The first-order valence-electron chi connectivity index (χ1n) is 12.7. The second kappa shape index (κ2) is 11.7. The Kier molecular flexibility index (Phi) is 7.88. The van der Waals surface area contributed by atoms with Gasteiger partial charge in [0.1, 0.15) is 35.3 Å². The van der Waals surface area contributed by atoms with E-state index in [2.05, 4.69) is 5.10 Å². The van der Waals surface area contributed by atoms with E-state index < -0.39 is 11.8 Å². The number of amides is 1. The van der Waals surface area contributed by atoms with Gasteiger partial charge >= 0.3 is 5.97 Å². The van der Waals surface area contributed by atoms with E-state index in [1.165, 1.54) is 42.5 Å². The third kappa shape index (κ3) is 5.86. The summed E-state index contributed by atoms with van der Waals surface area (Å²) < 4.78 is 45.6. The van der Waals surface area contributed by atoms with Crippen LogP contribution in [0, 0.1) is 18.6 Å². The van der Waals surface area contributed by atoms with Gasteiger partial charge in [-0.15, -0.1) is 0 Å². The van der Waals surface area contributed by atoms with Gasteiger partial charge in [-0.05, 0) is 55.0 Å². The van der Waals surface area contributed by atoms with Gasteiger partial charge in [-0.3, -0.25) is 9.48 Å². The number of hydrogen-bond donors (Lipinski definition) is 0. The lowest BCUT2D eigenvalue weighted by atomic mass is 9.92. The monoisotopic (exact) mass is 547 g/mol. The number of nitrogens with zero attached hydrogens (tertiary/aromatic N) is 3. The molecule has 0 unspecified atom stereocenters. The Morgan fingerprint density at radius 3 is 2.25 bits per heavy atom. The van der Waals surface area contributed by atoms with Crippen LogP contribution in [0.1, 0.15) is 31.8 Å². The fourth-order valence-electron chi connectivity index (χ4n) is 4.57. The zero-order chi connectivity index (χ0) is 28.2. The van der Waals surface area contributed by atoms with Gasteiger partial charge in [-0.25, -0.2) is 13.6 Å². The van der Waals surface area contributed by atoms with Crippen LogP contribution in [-0.2, 0) is 18.4 Å². The van der Waals surface area contributed by atoms with Gasteiger partial charge in [-0.1, -0.05) is 12.1 Å². The molecule has 1 aromatic heterocycles. The number of carbonyl (C=O) groups excluding carboxylic acids is 2. The molecule has 1 aliphatic rings. The van der Waals surface area contributed by atoms with Crippen molar-refractivity contribution in [3.8, 4) is 22.6 Å². The van der Waals surface area contributed by atoms with Crippen molar-refractivity contribution in [2.75, 3.05) is 26.3 Å². The van der Waals surface area contributed by atoms with E-state index in [0.29, 0.717) is 48.6 Å². The summed E-state index contributed by atoms with van der Waals surface area (Å²) in [7, 11) is 1.77. The molecule has 1 fully saturated rings. The van der Waals surface area contributed by atoms with Crippen molar-refractivity contribution in [3.05, 3.63) is 101 Å². The maximum atomic E-state index is 13.8. The van der Waals surface area contributed by atoms with E-state index in [4.69, 9.17) is 14.2 Å². The third-order valence-electron chi connectivity index (χ3n) is 6.58. The van der Waals surface area contributed by atoms with Crippen LogP contribution in [-0.4, -0.2) is 52.9 Å². The molecule has 0 saturated carbocycles. The second-order valence-electron chi connectivity index (χ2n) is 9.37. The first-order chi connectivity index (χ1) is 19.3. The summed E-state index contributed by atoms with van der Waals surface area (Å²) >= 11 is 0. The number of aryl methyl sites for hydroxylation is 1. The lowest BCUT2D eigenvalue weighted by Crippen LogP contribution is -2.41. The molecule has 0 atom stereocenters. The lowest BCUT2D eigenvalue weighted by Gasteiger charge is -2.28. The number of morpholine rings is 1. The number of halogens is 2. The molecule has 0 spiro atoms. The van der Waals surface area contributed by atoms with Crippen molar-refractivity contribution in [1.82, 2.24) is 14.7 Å². The minimum atomic E-state index is -0.780. The Morgan fingerprint density at radius 2 is 1.62 bits per heavy atom. The highest BCUT2D eigenvalue weighted by Gasteiger charge is 2.29. The minimum Gasteiger partial charge on any atom is -0.488 e. The number of esters is 1. The maximum Gasteiger partial charge on any atom is 0.347 e. The van der Waals surface area contributed by atoms with Gasteiger partial charge in [0.25, 0.3) is 5.91 Å². The number of aromatic nitrogens is 2. The van der Waals surface area contributed by atoms with Gasteiger partial charge in [0.2, 0.25) is 0 Å². The van der Waals surface area contributed by atoms with Crippen LogP contribution in [0.25, 0.3) is 11.1 Å². The van der Waals surface area contributed by atoms with Crippen LogP contribution < -0.4 is 9.47 Å². The smallest absolute Gasteiger partial charge is 0.347 e. The maximum absolute atomic E-state index is 13.8. The van der Waals surface area contributed by atoms with Crippen molar-refractivity contribution in [2.45, 2.75) is 13.5 Å². The minimum absolute atomic E-state index is 0.0215. The highest BCUT2D eigenvalue weighted by molar-refractivity contribution is 6.06.